The predicted molar refractivity (Wildman–Crippen MR) is 138 cm³/mol. The van der Waals surface area contributed by atoms with Crippen molar-refractivity contribution >= 4 is 43.7 Å². The molecule has 0 saturated heterocycles. The Kier molecular flexibility index (Phi) is 3.91. The predicted octanol–water partition coefficient (Wildman–Crippen LogP) is 8.22. The maximum absolute atomic E-state index is 9.90. The summed E-state index contributed by atoms with van der Waals surface area (Å²) < 4.78 is 8.54. The van der Waals surface area contributed by atoms with Gasteiger partial charge in [0.15, 0.2) is 0 Å². The van der Waals surface area contributed by atoms with Crippen molar-refractivity contribution in [3.63, 3.8) is 0 Å². The molecular formula is C31H18N2O. The van der Waals surface area contributed by atoms with E-state index in [-0.39, 0.29) is 0 Å². The summed E-state index contributed by atoms with van der Waals surface area (Å²) in [7, 11) is 0. The summed E-state index contributed by atoms with van der Waals surface area (Å²) in [6.07, 6.45) is 0. The van der Waals surface area contributed by atoms with E-state index in [1.807, 2.05) is 30.3 Å². The van der Waals surface area contributed by atoms with Crippen LogP contribution in [0.15, 0.2) is 114 Å². The van der Waals surface area contributed by atoms with Gasteiger partial charge in [-0.05, 0) is 42.0 Å². The molecule has 0 amide bonds. The van der Waals surface area contributed by atoms with Gasteiger partial charge in [0.2, 0.25) is 0 Å². The zero-order chi connectivity index (χ0) is 22.6. The Bertz CT molecular complexity index is 1880. The third-order valence-corrected chi connectivity index (χ3v) is 6.60. The average Bonchev–Trinajstić information content (AvgIpc) is 3.44. The number of hydrogen-bond donors (Lipinski definition) is 0. The largest absolute Gasteiger partial charge is 0.455 e. The molecule has 0 N–H and O–H groups in total. The molecule has 34 heavy (non-hydrogen) atoms. The fraction of sp³-hybridized carbons (Fsp3) is 0. The number of furan rings is 1. The van der Waals surface area contributed by atoms with Crippen molar-refractivity contribution in [2.75, 3.05) is 0 Å². The number of fused-ring (bicyclic) bond motifs is 6. The van der Waals surface area contributed by atoms with Crippen LogP contribution in [0, 0.1) is 11.3 Å². The number of rotatable bonds is 2. The highest BCUT2D eigenvalue weighted by Gasteiger charge is 2.16. The summed E-state index contributed by atoms with van der Waals surface area (Å²) in [5.74, 6) is 0. The first-order chi connectivity index (χ1) is 16.8. The van der Waals surface area contributed by atoms with Crippen LogP contribution in [0.5, 0.6) is 0 Å². The van der Waals surface area contributed by atoms with E-state index in [4.69, 9.17) is 4.42 Å². The molecule has 0 aliphatic rings. The molecule has 0 spiro atoms. The zero-order valence-corrected chi connectivity index (χ0v) is 18.2. The van der Waals surface area contributed by atoms with Crippen LogP contribution in [0.3, 0.4) is 0 Å². The van der Waals surface area contributed by atoms with Gasteiger partial charge in [-0.25, -0.2) is 0 Å². The standard InChI is InChI=1S/C31H18N2O/c32-19-20-16-21(23-11-7-12-27-26-10-3-6-15-30(26)34-31(23)27)18-22(17-20)33-28-13-4-1-8-24(28)25-9-2-5-14-29(25)33/h1-18H. The van der Waals surface area contributed by atoms with Crippen molar-refractivity contribution in [3.8, 4) is 22.9 Å². The van der Waals surface area contributed by atoms with Crippen LogP contribution in [0.1, 0.15) is 5.56 Å². The summed E-state index contributed by atoms with van der Waals surface area (Å²) in [4.78, 5) is 0. The topological polar surface area (TPSA) is 41.9 Å². The molecule has 0 saturated carbocycles. The first-order valence-corrected chi connectivity index (χ1v) is 11.3. The Labute approximate surface area is 195 Å². The van der Waals surface area contributed by atoms with Gasteiger partial charge in [-0.2, -0.15) is 5.26 Å². The van der Waals surface area contributed by atoms with Gasteiger partial charge in [0.1, 0.15) is 11.2 Å². The molecule has 0 fully saturated rings. The molecule has 0 aliphatic carbocycles. The van der Waals surface area contributed by atoms with Gasteiger partial charge in [-0.15, -0.1) is 0 Å². The summed E-state index contributed by atoms with van der Waals surface area (Å²) in [5.41, 5.74) is 7.45. The fourth-order valence-corrected chi connectivity index (χ4v) is 5.14. The Morgan fingerprint density at radius 1 is 0.618 bits per heavy atom. The molecule has 0 unspecified atom stereocenters. The van der Waals surface area contributed by atoms with Crippen LogP contribution in [0.25, 0.3) is 60.6 Å². The van der Waals surface area contributed by atoms with E-state index in [2.05, 4.69) is 89.5 Å². The Morgan fingerprint density at radius 3 is 2.00 bits per heavy atom. The van der Waals surface area contributed by atoms with E-state index >= 15 is 0 Å². The van der Waals surface area contributed by atoms with Crippen LogP contribution >= 0.6 is 0 Å². The summed E-state index contributed by atoms with van der Waals surface area (Å²) in [6, 6.07) is 39.5. The SMILES string of the molecule is N#Cc1cc(-c2cccc3c2oc2ccccc23)cc(-n2c3ccccc3c3ccccc32)c1. The highest BCUT2D eigenvalue weighted by Crippen LogP contribution is 2.38. The van der Waals surface area contributed by atoms with E-state index in [0.29, 0.717) is 5.56 Å². The highest BCUT2D eigenvalue weighted by atomic mass is 16.3. The van der Waals surface area contributed by atoms with Gasteiger partial charge in [-0.1, -0.05) is 72.8 Å². The molecule has 2 aromatic heterocycles. The van der Waals surface area contributed by atoms with Gasteiger partial charge in [0, 0.05) is 32.8 Å². The molecule has 0 atom stereocenters. The highest BCUT2D eigenvalue weighted by molar-refractivity contribution is 6.11. The number of hydrogen-bond acceptors (Lipinski definition) is 2. The molecule has 158 valence electrons. The van der Waals surface area contributed by atoms with Crippen LogP contribution in [0.4, 0.5) is 0 Å². The average molecular weight is 434 g/mol. The molecule has 0 radical (unpaired) electrons. The third kappa shape index (κ3) is 2.63. The number of benzene rings is 5. The van der Waals surface area contributed by atoms with Crippen LogP contribution in [-0.2, 0) is 0 Å². The Balaban J connectivity index is 1.55. The van der Waals surface area contributed by atoms with E-state index < -0.39 is 0 Å². The van der Waals surface area contributed by atoms with Gasteiger partial charge in [-0.3, -0.25) is 0 Å². The van der Waals surface area contributed by atoms with Crippen LogP contribution in [0.2, 0.25) is 0 Å². The summed E-state index contributed by atoms with van der Waals surface area (Å²) >= 11 is 0. The van der Waals surface area contributed by atoms with E-state index in [0.717, 1.165) is 49.8 Å². The first kappa shape index (κ1) is 18.7. The lowest BCUT2D eigenvalue weighted by Gasteiger charge is -2.11. The van der Waals surface area contributed by atoms with E-state index in [1.54, 1.807) is 0 Å². The maximum Gasteiger partial charge on any atom is 0.143 e. The van der Waals surface area contributed by atoms with E-state index in [9.17, 15) is 5.26 Å². The van der Waals surface area contributed by atoms with Gasteiger partial charge in [0.05, 0.1) is 22.7 Å². The molecule has 2 heterocycles. The lowest BCUT2D eigenvalue weighted by Crippen LogP contribution is -1.96. The van der Waals surface area contributed by atoms with Gasteiger partial charge in [0.25, 0.3) is 0 Å². The molecule has 7 aromatic rings. The second-order valence-corrected chi connectivity index (χ2v) is 8.53. The lowest BCUT2D eigenvalue weighted by molar-refractivity contribution is 0.670. The van der Waals surface area contributed by atoms with Crippen molar-refractivity contribution in [3.05, 3.63) is 115 Å². The molecule has 5 aromatic carbocycles. The fourth-order valence-electron chi connectivity index (χ4n) is 5.14. The molecule has 0 aliphatic heterocycles. The monoisotopic (exact) mass is 434 g/mol. The number of nitrogens with zero attached hydrogens (tertiary/aromatic N) is 2. The normalized spacial score (nSPS) is 11.5. The van der Waals surface area contributed by atoms with Crippen molar-refractivity contribution in [2.24, 2.45) is 0 Å². The Hall–Kier alpha value is -4.81. The minimum atomic E-state index is 0.613. The number of aromatic nitrogens is 1. The molecule has 3 nitrogen and oxygen atoms in total. The van der Waals surface area contributed by atoms with Gasteiger partial charge >= 0.3 is 0 Å². The van der Waals surface area contributed by atoms with Crippen molar-refractivity contribution in [1.29, 1.82) is 5.26 Å². The molecule has 0 bridgehead atoms. The second-order valence-electron chi connectivity index (χ2n) is 8.53. The number of para-hydroxylation sites is 4. The zero-order valence-electron chi connectivity index (χ0n) is 18.2. The molecule has 3 heteroatoms. The number of nitriles is 1. The first-order valence-electron chi connectivity index (χ1n) is 11.3. The van der Waals surface area contributed by atoms with Crippen molar-refractivity contribution in [2.45, 2.75) is 0 Å². The quantitative estimate of drug-likeness (QED) is 0.275. The molecule has 7 rings (SSSR count). The van der Waals surface area contributed by atoms with Crippen molar-refractivity contribution in [1.82, 2.24) is 4.57 Å². The lowest BCUT2D eigenvalue weighted by atomic mass is 9.99. The minimum Gasteiger partial charge on any atom is -0.455 e. The van der Waals surface area contributed by atoms with Crippen LogP contribution < -0.4 is 0 Å². The van der Waals surface area contributed by atoms with Gasteiger partial charge < -0.3 is 8.98 Å². The molecular weight excluding hydrogens is 416 g/mol. The second kappa shape index (κ2) is 7.10. The summed E-state index contributed by atoms with van der Waals surface area (Å²) in [6.45, 7) is 0. The van der Waals surface area contributed by atoms with E-state index in [1.165, 1.54) is 10.8 Å². The minimum absolute atomic E-state index is 0.613. The smallest absolute Gasteiger partial charge is 0.143 e. The maximum atomic E-state index is 9.90. The Morgan fingerprint density at radius 2 is 1.26 bits per heavy atom. The van der Waals surface area contributed by atoms with Crippen molar-refractivity contribution < 1.29 is 4.42 Å². The summed E-state index contributed by atoms with van der Waals surface area (Å²) in [5, 5.41) is 14.5. The third-order valence-electron chi connectivity index (χ3n) is 6.60. The van der Waals surface area contributed by atoms with Crippen LogP contribution in [-0.4, -0.2) is 4.57 Å².